The van der Waals surface area contributed by atoms with Crippen LogP contribution in [0.5, 0.6) is 0 Å². The van der Waals surface area contributed by atoms with E-state index in [2.05, 4.69) is 16.0 Å². The van der Waals surface area contributed by atoms with Crippen LogP contribution in [0.4, 0.5) is 4.79 Å². The van der Waals surface area contributed by atoms with Crippen molar-refractivity contribution in [2.24, 2.45) is 17.3 Å². The van der Waals surface area contributed by atoms with E-state index in [-0.39, 0.29) is 23.5 Å². The zero-order valence-corrected chi connectivity index (χ0v) is 17.1. The molecule has 4 amide bonds. The number of urea groups is 1. The molecule has 0 aliphatic heterocycles. The lowest BCUT2D eigenvalue weighted by Crippen LogP contribution is -2.65. The number of carbonyl (C=O) groups is 4. The first-order chi connectivity index (χ1) is 13.0. The molecule has 28 heavy (non-hydrogen) atoms. The molecule has 4 bridgehead atoms. The molecule has 156 valence electrons. The van der Waals surface area contributed by atoms with Gasteiger partial charge in [0.25, 0.3) is 5.91 Å². The van der Waals surface area contributed by atoms with Crippen LogP contribution in [0.1, 0.15) is 66.2 Å². The van der Waals surface area contributed by atoms with Crippen molar-refractivity contribution in [2.45, 2.75) is 83.9 Å². The molecule has 4 aliphatic carbocycles. The van der Waals surface area contributed by atoms with Crippen molar-refractivity contribution in [1.82, 2.24) is 16.0 Å². The summed E-state index contributed by atoms with van der Waals surface area (Å²) in [4.78, 5) is 48.7. The van der Waals surface area contributed by atoms with E-state index in [4.69, 9.17) is 4.74 Å². The minimum absolute atomic E-state index is 0.0746. The van der Waals surface area contributed by atoms with Crippen LogP contribution in [0.2, 0.25) is 0 Å². The molecule has 0 spiro atoms. The number of esters is 1. The first-order valence-corrected chi connectivity index (χ1v) is 10.1. The number of imide groups is 1. The van der Waals surface area contributed by atoms with Gasteiger partial charge in [0.15, 0.2) is 6.10 Å². The minimum Gasteiger partial charge on any atom is -0.452 e. The molecule has 0 heterocycles. The summed E-state index contributed by atoms with van der Waals surface area (Å²) in [5, 5.41) is 7.87. The van der Waals surface area contributed by atoms with Crippen LogP contribution < -0.4 is 16.0 Å². The fourth-order valence-corrected chi connectivity index (χ4v) is 5.87. The largest absolute Gasteiger partial charge is 0.452 e. The van der Waals surface area contributed by atoms with Crippen LogP contribution in [-0.2, 0) is 19.1 Å². The van der Waals surface area contributed by atoms with Gasteiger partial charge < -0.3 is 15.4 Å². The highest BCUT2D eigenvalue weighted by molar-refractivity contribution is 5.97. The van der Waals surface area contributed by atoms with E-state index >= 15 is 0 Å². The second-order valence-electron chi connectivity index (χ2n) is 9.37. The fourth-order valence-electron chi connectivity index (χ4n) is 5.87. The van der Waals surface area contributed by atoms with E-state index in [1.165, 1.54) is 13.8 Å². The number of ether oxygens (including phenoxy) is 1. The van der Waals surface area contributed by atoms with Gasteiger partial charge in [0, 0.05) is 18.5 Å². The van der Waals surface area contributed by atoms with Crippen LogP contribution in [0.3, 0.4) is 0 Å². The molecule has 8 heteroatoms. The van der Waals surface area contributed by atoms with E-state index in [1.54, 1.807) is 13.8 Å². The predicted octanol–water partition coefficient (Wildman–Crippen LogP) is 1.63. The second kappa shape index (κ2) is 7.37. The molecule has 8 nitrogen and oxygen atoms in total. The Bertz CT molecular complexity index is 675. The Morgan fingerprint density at radius 2 is 1.61 bits per heavy atom. The van der Waals surface area contributed by atoms with Gasteiger partial charge in [-0.1, -0.05) is 0 Å². The topological polar surface area (TPSA) is 114 Å². The normalized spacial score (nSPS) is 33.9. The molecule has 2 unspecified atom stereocenters. The van der Waals surface area contributed by atoms with Gasteiger partial charge in [-0.25, -0.2) is 4.79 Å². The van der Waals surface area contributed by atoms with Crippen molar-refractivity contribution < 1.29 is 23.9 Å². The van der Waals surface area contributed by atoms with Crippen LogP contribution >= 0.6 is 0 Å². The smallest absolute Gasteiger partial charge is 0.321 e. The molecule has 0 aromatic rings. The number of hydrogen-bond donors (Lipinski definition) is 3. The van der Waals surface area contributed by atoms with Crippen molar-refractivity contribution >= 4 is 23.8 Å². The summed E-state index contributed by atoms with van der Waals surface area (Å²) < 4.78 is 5.51. The first kappa shape index (κ1) is 20.6. The summed E-state index contributed by atoms with van der Waals surface area (Å²) in [5.41, 5.74) is -0.987. The zero-order chi connectivity index (χ0) is 20.7. The van der Waals surface area contributed by atoms with Crippen molar-refractivity contribution in [2.75, 3.05) is 0 Å². The quantitative estimate of drug-likeness (QED) is 0.614. The van der Waals surface area contributed by atoms with Crippen LogP contribution in [0.15, 0.2) is 0 Å². The molecule has 4 fully saturated rings. The van der Waals surface area contributed by atoms with Gasteiger partial charge in [-0.05, 0) is 71.1 Å². The number of amides is 4. The lowest BCUT2D eigenvalue weighted by Gasteiger charge is -2.60. The monoisotopic (exact) mass is 393 g/mol. The summed E-state index contributed by atoms with van der Waals surface area (Å²) in [7, 11) is 0. The summed E-state index contributed by atoms with van der Waals surface area (Å²) in [6.07, 6.45) is 3.88. The highest BCUT2D eigenvalue weighted by Crippen LogP contribution is 2.62. The maximum Gasteiger partial charge on any atom is 0.321 e. The Labute approximate surface area is 165 Å². The molecular weight excluding hydrogens is 362 g/mol. The van der Waals surface area contributed by atoms with Gasteiger partial charge in [-0.3, -0.25) is 19.7 Å². The van der Waals surface area contributed by atoms with Crippen molar-refractivity contribution in [1.29, 1.82) is 0 Å². The molecule has 5 atom stereocenters. The number of carbonyl (C=O) groups excluding carboxylic acids is 4. The van der Waals surface area contributed by atoms with Gasteiger partial charge in [-0.15, -0.1) is 0 Å². The highest BCUT2D eigenvalue weighted by Gasteiger charge is 2.61. The SMILES string of the molecule is CC(=O)NC12C[C@H]3C[C@@H](C1)CC(C(=O)O[C@@H](C)C(=O)NC(=O)NC(C)C)(C3)C2. The Morgan fingerprint density at radius 1 is 1.00 bits per heavy atom. The number of hydrogen-bond acceptors (Lipinski definition) is 5. The second-order valence-corrected chi connectivity index (χ2v) is 9.37. The summed E-state index contributed by atoms with van der Waals surface area (Å²) in [6.45, 7) is 6.55. The summed E-state index contributed by atoms with van der Waals surface area (Å²) in [5.74, 6) is -0.325. The van der Waals surface area contributed by atoms with Crippen molar-refractivity contribution in [3.05, 3.63) is 0 Å². The van der Waals surface area contributed by atoms with Crippen LogP contribution in [0.25, 0.3) is 0 Å². The molecular formula is C20H31N3O5. The van der Waals surface area contributed by atoms with Crippen molar-refractivity contribution in [3.8, 4) is 0 Å². The Balaban J connectivity index is 1.66. The lowest BCUT2D eigenvalue weighted by atomic mass is 9.47. The van der Waals surface area contributed by atoms with Crippen molar-refractivity contribution in [3.63, 3.8) is 0 Å². The molecule has 0 aromatic carbocycles. The summed E-state index contributed by atoms with van der Waals surface area (Å²) >= 11 is 0. The predicted molar refractivity (Wildman–Crippen MR) is 101 cm³/mol. The Kier molecular flexibility index (Phi) is 5.42. The molecule has 4 rings (SSSR count). The number of rotatable bonds is 5. The molecule has 4 aliphatic rings. The van der Waals surface area contributed by atoms with E-state index in [1.807, 2.05) is 0 Å². The molecule has 0 aromatic heterocycles. The number of nitrogens with one attached hydrogen (secondary N) is 3. The minimum atomic E-state index is -1.06. The average Bonchev–Trinajstić information content (AvgIpc) is 2.50. The van der Waals surface area contributed by atoms with E-state index in [0.717, 1.165) is 32.1 Å². The lowest BCUT2D eigenvalue weighted by molar-refractivity contribution is -0.182. The molecule has 0 saturated heterocycles. The van der Waals surface area contributed by atoms with Crippen LogP contribution in [-0.4, -0.2) is 41.5 Å². The van der Waals surface area contributed by atoms with Gasteiger partial charge in [0.2, 0.25) is 5.91 Å². The maximum absolute atomic E-state index is 13.1. The Morgan fingerprint density at radius 3 is 2.14 bits per heavy atom. The van der Waals surface area contributed by atoms with Gasteiger partial charge in [0.05, 0.1) is 5.41 Å². The third kappa shape index (κ3) is 4.15. The molecule has 4 saturated carbocycles. The molecule has 0 radical (unpaired) electrons. The highest BCUT2D eigenvalue weighted by atomic mass is 16.5. The van der Waals surface area contributed by atoms with Gasteiger partial charge in [0.1, 0.15) is 0 Å². The van der Waals surface area contributed by atoms with Gasteiger partial charge >= 0.3 is 12.0 Å². The van der Waals surface area contributed by atoms with E-state index < -0.39 is 23.5 Å². The fraction of sp³-hybridized carbons (Fsp3) is 0.800. The third-order valence-electron chi connectivity index (χ3n) is 6.24. The summed E-state index contributed by atoms with van der Waals surface area (Å²) in [6, 6.07) is -0.718. The van der Waals surface area contributed by atoms with Gasteiger partial charge in [-0.2, -0.15) is 0 Å². The third-order valence-corrected chi connectivity index (χ3v) is 6.24. The van der Waals surface area contributed by atoms with E-state index in [0.29, 0.717) is 18.3 Å². The molecule has 3 N–H and O–H groups in total. The van der Waals surface area contributed by atoms with Crippen LogP contribution in [0, 0.1) is 17.3 Å². The standard InChI is InChI=1S/C20H31N3O5/c1-11(2)21-18(27)22-16(25)12(3)28-17(26)19-6-14-5-15(7-19)9-20(8-14,10-19)23-13(4)24/h11-12,14-15H,5-10H2,1-4H3,(H,23,24)(H2,21,22,25,27)/t12-,14-,15+,19?,20?/m0/s1. The average molecular weight is 393 g/mol. The maximum atomic E-state index is 13.1. The first-order valence-electron chi connectivity index (χ1n) is 10.1. The van der Waals surface area contributed by atoms with E-state index in [9.17, 15) is 19.2 Å². The zero-order valence-electron chi connectivity index (χ0n) is 17.1. The Hall–Kier alpha value is -2.12.